The van der Waals surface area contributed by atoms with E-state index in [1.807, 2.05) is 54.6 Å². The summed E-state index contributed by atoms with van der Waals surface area (Å²) in [5.74, 6) is 1.28. The summed E-state index contributed by atoms with van der Waals surface area (Å²) in [5, 5.41) is 3.81. The molecule has 4 nitrogen and oxygen atoms in total. The van der Waals surface area contributed by atoms with Crippen LogP contribution in [0.1, 0.15) is 11.3 Å². The minimum absolute atomic E-state index is 0.135. The molecule has 0 aliphatic rings. The van der Waals surface area contributed by atoms with E-state index in [0.29, 0.717) is 12.3 Å². The molecule has 122 valence electrons. The van der Waals surface area contributed by atoms with Crippen molar-refractivity contribution >= 4 is 23.0 Å². The van der Waals surface area contributed by atoms with E-state index in [1.165, 1.54) is 11.6 Å². The first-order valence-electron chi connectivity index (χ1n) is 7.82. The highest BCUT2D eigenvalue weighted by atomic mass is 16.5. The summed E-state index contributed by atoms with van der Waals surface area (Å²) in [7, 11) is 1.63. The van der Waals surface area contributed by atoms with Gasteiger partial charge >= 0.3 is 0 Å². The molecule has 1 N–H and O–H groups in total. The number of benzene rings is 2. The van der Waals surface area contributed by atoms with Crippen molar-refractivity contribution in [3.05, 3.63) is 72.0 Å². The van der Waals surface area contributed by atoms with Gasteiger partial charge in [-0.15, -0.1) is 0 Å². The van der Waals surface area contributed by atoms with Gasteiger partial charge in [0.2, 0.25) is 5.91 Å². The molecule has 2 aromatic carbocycles. The molecular formula is C20H19NO3. The van der Waals surface area contributed by atoms with Crippen molar-refractivity contribution in [1.82, 2.24) is 5.32 Å². The second-order valence-corrected chi connectivity index (χ2v) is 5.41. The van der Waals surface area contributed by atoms with Gasteiger partial charge in [0.15, 0.2) is 0 Å². The summed E-state index contributed by atoms with van der Waals surface area (Å²) < 4.78 is 10.9. The van der Waals surface area contributed by atoms with Crippen molar-refractivity contribution in [2.75, 3.05) is 13.7 Å². The fourth-order valence-corrected chi connectivity index (χ4v) is 2.44. The number of hydrogen-bond acceptors (Lipinski definition) is 3. The van der Waals surface area contributed by atoms with Gasteiger partial charge in [0, 0.05) is 18.0 Å². The Hall–Kier alpha value is -3.01. The molecule has 1 amide bonds. The lowest BCUT2D eigenvalue weighted by atomic mass is 10.1. The number of rotatable bonds is 6. The maximum Gasteiger partial charge on any atom is 0.244 e. The third-order valence-corrected chi connectivity index (χ3v) is 3.70. The Labute approximate surface area is 140 Å². The van der Waals surface area contributed by atoms with Crippen LogP contribution in [-0.2, 0) is 11.2 Å². The second-order valence-electron chi connectivity index (χ2n) is 5.41. The van der Waals surface area contributed by atoms with Crippen LogP contribution < -0.4 is 10.1 Å². The molecule has 0 aliphatic heterocycles. The van der Waals surface area contributed by atoms with Crippen LogP contribution in [0.5, 0.6) is 5.75 Å². The van der Waals surface area contributed by atoms with E-state index >= 15 is 0 Å². The lowest BCUT2D eigenvalue weighted by Crippen LogP contribution is -2.23. The minimum Gasteiger partial charge on any atom is -0.497 e. The number of fused-ring (bicyclic) bond motifs is 1. The van der Waals surface area contributed by atoms with Gasteiger partial charge in [-0.1, -0.05) is 30.3 Å². The molecule has 0 saturated heterocycles. The standard InChI is InChI=1S/C20H19NO3/c1-23-17-7-9-19-16(13-17)14-18(24-19)8-10-20(22)21-12-11-15-5-3-2-4-6-15/h2-10,13-14H,11-12H2,1H3,(H,21,22)/b10-8+. The smallest absolute Gasteiger partial charge is 0.244 e. The Bertz CT molecular complexity index is 850. The van der Waals surface area contributed by atoms with E-state index < -0.39 is 0 Å². The fourth-order valence-electron chi connectivity index (χ4n) is 2.44. The Kier molecular flexibility index (Phi) is 4.96. The molecule has 0 unspecified atom stereocenters. The lowest BCUT2D eigenvalue weighted by molar-refractivity contribution is -0.116. The van der Waals surface area contributed by atoms with E-state index in [-0.39, 0.29) is 5.91 Å². The van der Waals surface area contributed by atoms with Gasteiger partial charge in [-0.25, -0.2) is 0 Å². The summed E-state index contributed by atoms with van der Waals surface area (Å²) in [6.45, 7) is 0.602. The van der Waals surface area contributed by atoms with E-state index in [2.05, 4.69) is 5.32 Å². The number of methoxy groups -OCH3 is 1. The van der Waals surface area contributed by atoms with Crippen LogP contribution in [-0.4, -0.2) is 19.6 Å². The fraction of sp³-hybridized carbons (Fsp3) is 0.150. The summed E-state index contributed by atoms with van der Waals surface area (Å²) in [5.41, 5.74) is 1.97. The third kappa shape index (κ3) is 4.04. The molecule has 0 spiro atoms. The molecule has 0 aliphatic carbocycles. The van der Waals surface area contributed by atoms with Gasteiger partial charge in [0.05, 0.1) is 7.11 Å². The Balaban J connectivity index is 1.55. The van der Waals surface area contributed by atoms with Crippen molar-refractivity contribution in [1.29, 1.82) is 0 Å². The van der Waals surface area contributed by atoms with Crippen LogP contribution >= 0.6 is 0 Å². The molecule has 0 radical (unpaired) electrons. The molecular weight excluding hydrogens is 302 g/mol. The molecule has 3 rings (SSSR count). The van der Waals surface area contributed by atoms with E-state index in [9.17, 15) is 4.79 Å². The zero-order valence-corrected chi connectivity index (χ0v) is 13.5. The molecule has 4 heteroatoms. The van der Waals surface area contributed by atoms with Crippen molar-refractivity contribution in [2.45, 2.75) is 6.42 Å². The predicted octanol–water partition coefficient (Wildman–Crippen LogP) is 3.81. The van der Waals surface area contributed by atoms with Crippen LogP contribution in [0.3, 0.4) is 0 Å². The number of nitrogens with one attached hydrogen (secondary N) is 1. The molecule has 1 heterocycles. The number of amides is 1. The number of carbonyl (C=O) groups excluding carboxylic acids is 1. The molecule has 0 saturated carbocycles. The van der Waals surface area contributed by atoms with Crippen molar-refractivity contribution in [3.63, 3.8) is 0 Å². The maximum absolute atomic E-state index is 11.9. The Morgan fingerprint density at radius 1 is 1.17 bits per heavy atom. The van der Waals surface area contributed by atoms with E-state index in [4.69, 9.17) is 9.15 Å². The van der Waals surface area contributed by atoms with Gasteiger partial charge in [-0.3, -0.25) is 4.79 Å². The highest BCUT2D eigenvalue weighted by Crippen LogP contribution is 2.24. The monoisotopic (exact) mass is 321 g/mol. The normalized spacial score (nSPS) is 11.0. The topological polar surface area (TPSA) is 51.5 Å². The van der Waals surface area contributed by atoms with Gasteiger partial charge in [-0.05, 0) is 42.3 Å². The van der Waals surface area contributed by atoms with Gasteiger partial charge in [-0.2, -0.15) is 0 Å². The summed E-state index contributed by atoms with van der Waals surface area (Å²) >= 11 is 0. The van der Waals surface area contributed by atoms with Crippen LogP contribution in [0, 0.1) is 0 Å². The summed E-state index contributed by atoms with van der Waals surface area (Å²) in [4.78, 5) is 11.9. The van der Waals surface area contributed by atoms with Crippen LogP contribution in [0.2, 0.25) is 0 Å². The maximum atomic E-state index is 11.9. The van der Waals surface area contributed by atoms with E-state index in [0.717, 1.165) is 23.1 Å². The number of hydrogen-bond donors (Lipinski definition) is 1. The van der Waals surface area contributed by atoms with Crippen LogP contribution in [0.4, 0.5) is 0 Å². The lowest BCUT2D eigenvalue weighted by Gasteiger charge is -2.02. The zero-order valence-electron chi connectivity index (χ0n) is 13.5. The minimum atomic E-state index is -0.135. The van der Waals surface area contributed by atoms with Crippen molar-refractivity contribution in [3.8, 4) is 5.75 Å². The Morgan fingerprint density at radius 2 is 2.00 bits per heavy atom. The number of furan rings is 1. The highest BCUT2D eigenvalue weighted by molar-refractivity contribution is 5.92. The second kappa shape index (κ2) is 7.51. The van der Waals surface area contributed by atoms with Gasteiger partial charge in [0.1, 0.15) is 17.1 Å². The molecule has 0 fully saturated rings. The summed E-state index contributed by atoms with van der Waals surface area (Å²) in [6.07, 6.45) is 3.97. The molecule has 0 atom stereocenters. The molecule has 0 bridgehead atoms. The van der Waals surface area contributed by atoms with Crippen molar-refractivity contribution in [2.24, 2.45) is 0 Å². The first-order chi connectivity index (χ1) is 11.7. The highest BCUT2D eigenvalue weighted by Gasteiger charge is 2.03. The van der Waals surface area contributed by atoms with Crippen LogP contribution in [0.25, 0.3) is 17.0 Å². The quantitative estimate of drug-likeness (QED) is 0.702. The van der Waals surface area contributed by atoms with Gasteiger partial charge in [0.25, 0.3) is 0 Å². The number of ether oxygens (including phenoxy) is 1. The average molecular weight is 321 g/mol. The third-order valence-electron chi connectivity index (χ3n) is 3.70. The van der Waals surface area contributed by atoms with Gasteiger partial charge < -0.3 is 14.5 Å². The first-order valence-corrected chi connectivity index (χ1v) is 7.82. The average Bonchev–Trinajstić information content (AvgIpc) is 3.03. The van der Waals surface area contributed by atoms with Crippen LogP contribution in [0.15, 0.2) is 65.1 Å². The molecule has 24 heavy (non-hydrogen) atoms. The SMILES string of the molecule is COc1ccc2oc(/C=C/C(=O)NCCc3ccccc3)cc2c1. The largest absolute Gasteiger partial charge is 0.497 e. The Morgan fingerprint density at radius 3 is 2.79 bits per heavy atom. The van der Waals surface area contributed by atoms with Crippen molar-refractivity contribution < 1.29 is 13.9 Å². The first kappa shape index (κ1) is 15.9. The number of carbonyl (C=O) groups is 1. The molecule has 3 aromatic rings. The predicted molar refractivity (Wildman–Crippen MR) is 95.0 cm³/mol. The molecule has 1 aromatic heterocycles. The van der Waals surface area contributed by atoms with E-state index in [1.54, 1.807) is 13.2 Å². The zero-order chi connectivity index (χ0) is 16.8. The summed E-state index contributed by atoms with van der Waals surface area (Å²) in [6, 6.07) is 17.5.